The van der Waals surface area contributed by atoms with Crippen molar-refractivity contribution in [2.75, 3.05) is 5.75 Å². The molecule has 1 aliphatic heterocycles. The summed E-state index contributed by atoms with van der Waals surface area (Å²) in [6.07, 6.45) is 1.94. The van der Waals surface area contributed by atoms with Crippen LogP contribution >= 0.6 is 11.8 Å². The van der Waals surface area contributed by atoms with Gasteiger partial charge < -0.3 is 4.40 Å². The van der Waals surface area contributed by atoms with Crippen LogP contribution in [0.2, 0.25) is 0 Å². The van der Waals surface area contributed by atoms with Gasteiger partial charge in [-0.05, 0) is 18.2 Å². The van der Waals surface area contributed by atoms with E-state index in [1.807, 2.05) is 28.8 Å². The van der Waals surface area contributed by atoms with E-state index < -0.39 is 0 Å². The zero-order chi connectivity index (χ0) is 8.84. The minimum absolute atomic E-state index is 0.242. The summed E-state index contributed by atoms with van der Waals surface area (Å²) >= 11 is 1.63. The molecule has 2 nitrogen and oxygen atoms in total. The second kappa shape index (κ2) is 2.39. The highest BCUT2D eigenvalue weighted by Gasteiger charge is 2.24. The summed E-state index contributed by atoms with van der Waals surface area (Å²) in [4.78, 5) is 12.6. The average Bonchev–Trinajstić information content (AvgIpc) is 2.66. The lowest BCUT2D eigenvalue weighted by atomic mass is 10.3. The molecule has 1 aliphatic rings. The second-order valence-electron chi connectivity index (χ2n) is 3.06. The lowest BCUT2D eigenvalue weighted by Crippen LogP contribution is -2.00. The fourth-order valence-corrected chi connectivity index (χ4v) is 2.67. The standard InChI is InChI=1S/C10H7NOS/c12-8-6-13-9-5-7-3-1-2-4-11(7)10(8)9/h1-5H,6H2. The molecule has 0 atom stereocenters. The smallest absolute Gasteiger partial charge is 0.190 e. The molecule has 64 valence electrons. The van der Waals surface area contributed by atoms with E-state index in [4.69, 9.17) is 0 Å². The molecule has 0 saturated carbocycles. The maximum atomic E-state index is 11.5. The molecule has 3 heteroatoms. The number of ketones is 1. The van der Waals surface area contributed by atoms with Crippen LogP contribution in [0.4, 0.5) is 0 Å². The third-order valence-electron chi connectivity index (χ3n) is 2.27. The Morgan fingerprint density at radius 3 is 3.23 bits per heavy atom. The molecule has 0 N–H and O–H groups in total. The number of pyridine rings is 1. The molecule has 13 heavy (non-hydrogen) atoms. The minimum Gasteiger partial charge on any atom is -0.313 e. The summed E-state index contributed by atoms with van der Waals surface area (Å²) in [7, 11) is 0. The van der Waals surface area contributed by atoms with Gasteiger partial charge in [-0.3, -0.25) is 4.79 Å². The summed E-state index contributed by atoms with van der Waals surface area (Å²) < 4.78 is 1.97. The van der Waals surface area contributed by atoms with Crippen LogP contribution in [0.15, 0.2) is 35.4 Å². The molecule has 0 spiro atoms. The molecule has 3 rings (SSSR count). The van der Waals surface area contributed by atoms with E-state index in [0.717, 1.165) is 16.1 Å². The van der Waals surface area contributed by atoms with Crippen molar-refractivity contribution in [3.05, 3.63) is 36.2 Å². The first-order valence-electron chi connectivity index (χ1n) is 4.12. The fourth-order valence-electron chi connectivity index (χ4n) is 1.69. The zero-order valence-electron chi connectivity index (χ0n) is 6.86. The fraction of sp³-hybridized carbons (Fsp3) is 0.100. The van der Waals surface area contributed by atoms with Crippen molar-refractivity contribution in [3.63, 3.8) is 0 Å². The van der Waals surface area contributed by atoms with Crippen LogP contribution in [0.25, 0.3) is 5.52 Å². The number of hydrogen-bond donors (Lipinski definition) is 0. The number of rotatable bonds is 0. The van der Waals surface area contributed by atoms with Gasteiger partial charge in [0.25, 0.3) is 0 Å². The first-order valence-corrected chi connectivity index (χ1v) is 5.11. The molecule has 2 aromatic heterocycles. The summed E-state index contributed by atoms with van der Waals surface area (Å²) in [5.41, 5.74) is 1.97. The Hall–Kier alpha value is -1.22. The van der Waals surface area contributed by atoms with Crippen molar-refractivity contribution in [2.24, 2.45) is 0 Å². The van der Waals surface area contributed by atoms with Gasteiger partial charge in [0, 0.05) is 16.6 Å². The maximum Gasteiger partial charge on any atom is 0.190 e. The van der Waals surface area contributed by atoms with Crippen LogP contribution in [0.1, 0.15) is 10.5 Å². The molecule has 0 amide bonds. The van der Waals surface area contributed by atoms with E-state index in [1.165, 1.54) is 0 Å². The topological polar surface area (TPSA) is 21.5 Å². The van der Waals surface area contributed by atoms with Crippen LogP contribution < -0.4 is 0 Å². The van der Waals surface area contributed by atoms with E-state index in [-0.39, 0.29) is 5.78 Å². The molecule has 0 saturated heterocycles. The predicted molar refractivity (Wildman–Crippen MR) is 52.5 cm³/mol. The normalized spacial score (nSPS) is 15.2. The monoisotopic (exact) mass is 189 g/mol. The molecule has 0 unspecified atom stereocenters. The van der Waals surface area contributed by atoms with Gasteiger partial charge in [-0.25, -0.2) is 0 Å². The molecule has 0 fully saturated rings. The number of carbonyl (C=O) groups excluding carboxylic acids is 1. The lowest BCUT2D eigenvalue weighted by molar-refractivity contribution is 0.101. The summed E-state index contributed by atoms with van der Waals surface area (Å²) in [6, 6.07) is 8.03. The number of Topliss-reactive ketones (excluding diaryl/α,β-unsaturated/α-hetero) is 1. The first-order chi connectivity index (χ1) is 6.36. The van der Waals surface area contributed by atoms with Crippen LogP contribution in [-0.4, -0.2) is 15.9 Å². The number of thioether (sulfide) groups is 1. The number of fused-ring (bicyclic) bond motifs is 3. The van der Waals surface area contributed by atoms with Crippen molar-refractivity contribution in [3.8, 4) is 0 Å². The Morgan fingerprint density at radius 2 is 2.31 bits per heavy atom. The predicted octanol–water partition coefficient (Wildman–Crippen LogP) is 2.23. The van der Waals surface area contributed by atoms with Gasteiger partial charge in [-0.15, -0.1) is 11.8 Å². The molecule has 2 aromatic rings. The van der Waals surface area contributed by atoms with E-state index >= 15 is 0 Å². The minimum atomic E-state index is 0.242. The van der Waals surface area contributed by atoms with E-state index in [2.05, 4.69) is 6.07 Å². The largest absolute Gasteiger partial charge is 0.313 e. The SMILES string of the molecule is O=C1CSc2cc3ccccn3c21. The number of aromatic nitrogens is 1. The van der Waals surface area contributed by atoms with Gasteiger partial charge in [0.2, 0.25) is 0 Å². The van der Waals surface area contributed by atoms with E-state index in [0.29, 0.717) is 5.75 Å². The Kier molecular flexibility index (Phi) is 1.32. The summed E-state index contributed by atoms with van der Waals surface area (Å²) in [6.45, 7) is 0. The van der Waals surface area contributed by atoms with Crippen molar-refractivity contribution in [2.45, 2.75) is 4.90 Å². The average molecular weight is 189 g/mol. The quantitative estimate of drug-likeness (QED) is 0.633. The Morgan fingerprint density at radius 1 is 1.38 bits per heavy atom. The van der Waals surface area contributed by atoms with E-state index in [9.17, 15) is 4.79 Å². The van der Waals surface area contributed by atoms with Gasteiger partial charge in [0.1, 0.15) is 5.69 Å². The van der Waals surface area contributed by atoms with Crippen molar-refractivity contribution < 1.29 is 4.79 Å². The van der Waals surface area contributed by atoms with Gasteiger partial charge in [0.05, 0.1) is 5.75 Å². The first kappa shape index (κ1) is 7.21. The van der Waals surface area contributed by atoms with E-state index in [1.54, 1.807) is 11.8 Å². The Balaban J connectivity index is 2.46. The highest BCUT2D eigenvalue weighted by atomic mass is 32.2. The molecule has 0 aliphatic carbocycles. The molecule has 0 bridgehead atoms. The molecule has 0 aromatic carbocycles. The molecular weight excluding hydrogens is 182 g/mol. The summed E-state index contributed by atoms with van der Waals surface area (Å²) in [5, 5.41) is 0. The lowest BCUT2D eigenvalue weighted by Gasteiger charge is -1.95. The molecular formula is C10H7NOS. The van der Waals surface area contributed by atoms with Crippen LogP contribution in [0.3, 0.4) is 0 Å². The Bertz CT molecular complexity index is 501. The number of nitrogens with zero attached hydrogens (tertiary/aromatic N) is 1. The maximum absolute atomic E-state index is 11.5. The third-order valence-corrected chi connectivity index (χ3v) is 3.30. The van der Waals surface area contributed by atoms with Crippen molar-refractivity contribution >= 4 is 23.1 Å². The van der Waals surface area contributed by atoms with Crippen molar-refractivity contribution in [1.29, 1.82) is 0 Å². The van der Waals surface area contributed by atoms with Gasteiger partial charge >= 0.3 is 0 Å². The van der Waals surface area contributed by atoms with Gasteiger partial charge in [0.15, 0.2) is 5.78 Å². The molecule has 3 heterocycles. The molecule has 0 radical (unpaired) electrons. The van der Waals surface area contributed by atoms with Gasteiger partial charge in [-0.1, -0.05) is 6.07 Å². The zero-order valence-corrected chi connectivity index (χ0v) is 7.67. The van der Waals surface area contributed by atoms with Crippen LogP contribution in [0, 0.1) is 0 Å². The number of carbonyl (C=O) groups is 1. The Labute approximate surface area is 79.6 Å². The second-order valence-corrected chi connectivity index (χ2v) is 4.08. The third kappa shape index (κ3) is 0.877. The highest BCUT2D eigenvalue weighted by molar-refractivity contribution is 8.00. The van der Waals surface area contributed by atoms with Crippen LogP contribution in [-0.2, 0) is 0 Å². The van der Waals surface area contributed by atoms with Gasteiger partial charge in [-0.2, -0.15) is 0 Å². The van der Waals surface area contributed by atoms with Crippen molar-refractivity contribution in [1.82, 2.24) is 4.40 Å². The highest BCUT2D eigenvalue weighted by Crippen LogP contribution is 2.33. The summed E-state index contributed by atoms with van der Waals surface area (Å²) in [5.74, 6) is 0.842. The number of hydrogen-bond acceptors (Lipinski definition) is 2. The van der Waals surface area contributed by atoms with Crippen LogP contribution in [0.5, 0.6) is 0 Å².